The number of halogens is 1. The van der Waals surface area contributed by atoms with Crippen LogP contribution >= 0.6 is 22.6 Å². The van der Waals surface area contributed by atoms with Crippen molar-refractivity contribution in [3.05, 3.63) is 51.4 Å². The zero-order valence-electron chi connectivity index (χ0n) is 10.7. The van der Waals surface area contributed by atoms with Crippen LogP contribution < -0.4 is 5.32 Å². The Hall–Kier alpha value is -1.63. The monoisotopic (exact) mass is 367 g/mol. The Balaban J connectivity index is 2.01. The van der Waals surface area contributed by atoms with Gasteiger partial charge in [0.05, 0.1) is 6.20 Å². The minimum atomic E-state index is -0.150. The predicted molar refractivity (Wildman–Crippen MR) is 84.8 cm³/mol. The minimum Gasteiger partial charge on any atom is -0.322 e. The minimum absolute atomic E-state index is 0.150. The van der Waals surface area contributed by atoms with E-state index in [4.69, 9.17) is 0 Å². The molecule has 1 amide bonds. The average Bonchev–Trinajstić information content (AvgIpc) is 2.77. The van der Waals surface area contributed by atoms with Gasteiger partial charge in [0.15, 0.2) is 0 Å². The summed E-state index contributed by atoms with van der Waals surface area (Å²) in [5.41, 5.74) is 2.90. The second-order valence-corrected chi connectivity index (χ2v) is 5.40. The maximum Gasteiger partial charge on any atom is 0.248 e. The number of nitrogens with zero attached hydrogens (tertiary/aromatic N) is 2. The lowest BCUT2D eigenvalue weighted by Gasteiger charge is -2.04. The van der Waals surface area contributed by atoms with Crippen molar-refractivity contribution < 1.29 is 4.79 Å². The Bertz CT molecular complexity index is 631. The first-order valence-electron chi connectivity index (χ1n) is 5.78. The van der Waals surface area contributed by atoms with Crippen molar-refractivity contribution in [1.82, 2.24) is 9.78 Å². The van der Waals surface area contributed by atoms with E-state index in [0.29, 0.717) is 0 Å². The molecule has 0 bridgehead atoms. The SMILES string of the molecule is Cc1ccc(NC(=O)/C=C/c2cnn(C)c2)cc1I. The van der Waals surface area contributed by atoms with Crippen LogP contribution in [-0.2, 0) is 11.8 Å². The highest BCUT2D eigenvalue weighted by molar-refractivity contribution is 14.1. The zero-order valence-corrected chi connectivity index (χ0v) is 12.9. The van der Waals surface area contributed by atoms with Crippen LogP contribution in [0.3, 0.4) is 0 Å². The smallest absolute Gasteiger partial charge is 0.248 e. The van der Waals surface area contributed by atoms with Gasteiger partial charge in [-0.1, -0.05) is 6.07 Å². The quantitative estimate of drug-likeness (QED) is 0.670. The van der Waals surface area contributed by atoms with E-state index in [9.17, 15) is 4.79 Å². The van der Waals surface area contributed by atoms with Crippen molar-refractivity contribution in [1.29, 1.82) is 0 Å². The maximum atomic E-state index is 11.8. The van der Waals surface area contributed by atoms with Gasteiger partial charge in [0.25, 0.3) is 0 Å². The molecule has 0 atom stereocenters. The van der Waals surface area contributed by atoms with E-state index in [-0.39, 0.29) is 5.91 Å². The number of nitrogens with one attached hydrogen (secondary N) is 1. The lowest BCUT2D eigenvalue weighted by molar-refractivity contribution is -0.111. The third kappa shape index (κ3) is 3.92. The summed E-state index contributed by atoms with van der Waals surface area (Å²) >= 11 is 2.25. The highest BCUT2D eigenvalue weighted by Gasteiger charge is 2.00. The first-order valence-corrected chi connectivity index (χ1v) is 6.86. The summed E-state index contributed by atoms with van der Waals surface area (Å²) < 4.78 is 2.83. The van der Waals surface area contributed by atoms with E-state index in [1.54, 1.807) is 17.0 Å². The molecule has 0 aliphatic heterocycles. The van der Waals surface area contributed by atoms with Crippen LogP contribution in [-0.4, -0.2) is 15.7 Å². The topological polar surface area (TPSA) is 46.9 Å². The van der Waals surface area contributed by atoms with E-state index < -0.39 is 0 Å². The fourth-order valence-electron chi connectivity index (χ4n) is 1.55. The van der Waals surface area contributed by atoms with Crippen molar-refractivity contribution in [3.63, 3.8) is 0 Å². The average molecular weight is 367 g/mol. The summed E-state index contributed by atoms with van der Waals surface area (Å²) in [6.07, 6.45) is 6.79. The van der Waals surface area contributed by atoms with Crippen molar-refractivity contribution in [3.8, 4) is 0 Å². The summed E-state index contributed by atoms with van der Waals surface area (Å²) in [5.74, 6) is -0.150. The van der Waals surface area contributed by atoms with Crippen LogP contribution in [0, 0.1) is 10.5 Å². The Kier molecular flexibility index (Phi) is 4.36. The number of aromatic nitrogens is 2. The van der Waals surface area contributed by atoms with Crippen molar-refractivity contribution in [2.24, 2.45) is 7.05 Å². The lowest BCUT2D eigenvalue weighted by Crippen LogP contribution is -2.07. The fraction of sp³-hybridized carbons (Fsp3) is 0.143. The first-order chi connectivity index (χ1) is 9.04. The summed E-state index contributed by atoms with van der Waals surface area (Å²) in [4.78, 5) is 11.8. The van der Waals surface area contributed by atoms with Gasteiger partial charge in [0, 0.05) is 34.1 Å². The number of amides is 1. The van der Waals surface area contributed by atoms with Gasteiger partial charge in [-0.15, -0.1) is 0 Å². The number of hydrogen-bond donors (Lipinski definition) is 1. The number of anilines is 1. The molecule has 0 aliphatic rings. The summed E-state index contributed by atoms with van der Waals surface area (Å²) in [6, 6.07) is 5.83. The second kappa shape index (κ2) is 6.01. The fourth-order valence-corrected chi connectivity index (χ4v) is 2.07. The number of benzene rings is 1. The van der Waals surface area contributed by atoms with E-state index in [0.717, 1.165) is 14.8 Å². The number of aryl methyl sites for hydroxylation is 2. The highest BCUT2D eigenvalue weighted by atomic mass is 127. The summed E-state index contributed by atoms with van der Waals surface area (Å²) in [5, 5.41) is 6.86. The third-order valence-electron chi connectivity index (χ3n) is 2.59. The van der Waals surface area contributed by atoms with Crippen LogP contribution in [0.4, 0.5) is 5.69 Å². The maximum absolute atomic E-state index is 11.8. The molecule has 1 aromatic carbocycles. The predicted octanol–water partition coefficient (Wildman–Crippen LogP) is 2.99. The van der Waals surface area contributed by atoms with Crippen LogP contribution in [0.5, 0.6) is 0 Å². The molecular weight excluding hydrogens is 353 g/mol. The molecular formula is C14H14IN3O. The van der Waals surface area contributed by atoms with Gasteiger partial charge in [-0.25, -0.2) is 0 Å². The van der Waals surface area contributed by atoms with Gasteiger partial charge >= 0.3 is 0 Å². The molecule has 0 spiro atoms. The highest BCUT2D eigenvalue weighted by Crippen LogP contribution is 2.17. The molecule has 0 radical (unpaired) electrons. The van der Waals surface area contributed by atoms with Crippen molar-refractivity contribution in [2.75, 3.05) is 5.32 Å². The normalized spacial score (nSPS) is 10.9. The van der Waals surface area contributed by atoms with Gasteiger partial charge in [-0.3, -0.25) is 9.48 Å². The van der Waals surface area contributed by atoms with Gasteiger partial charge in [0.2, 0.25) is 5.91 Å². The molecule has 0 fully saturated rings. The summed E-state index contributed by atoms with van der Waals surface area (Å²) in [6.45, 7) is 2.04. The molecule has 0 saturated carbocycles. The standard InChI is InChI=1S/C14H14IN3O/c1-10-3-5-12(7-13(10)15)17-14(19)6-4-11-8-16-18(2)9-11/h3-9H,1-2H3,(H,17,19)/b6-4+. The Morgan fingerprint density at radius 1 is 1.47 bits per heavy atom. The Labute approximate surface area is 125 Å². The van der Waals surface area contributed by atoms with Gasteiger partial charge in [-0.05, 0) is 53.3 Å². The van der Waals surface area contributed by atoms with E-state index in [1.807, 2.05) is 38.4 Å². The molecule has 0 saturated heterocycles. The lowest BCUT2D eigenvalue weighted by atomic mass is 10.2. The molecule has 2 aromatic rings. The molecule has 0 aliphatic carbocycles. The summed E-state index contributed by atoms with van der Waals surface area (Å²) in [7, 11) is 1.84. The first kappa shape index (κ1) is 13.8. The molecule has 1 heterocycles. The van der Waals surface area contributed by atoms with E-state index >= 15 is 0 Å². The Morgan fingerprint density at radius 3 is 2.89 bits per heavy atom. The van der Waals surface area contributed by atoms with Gasteiger partial charge in [0.1, 0.15) is 0 Å². The van der Waals surface area contributed by atoms with Crippen LogP contribution in [0.1, 0.15) is 11.1 Å². The third-order valence-corrected chi connectivity index (χ3v) is 3.75. The second-order valence-electron chi connectivity index (χ2n) is 4.23. The molecule has 0 unspecified atom stereocenters. The number of carbonyl (C=O) groups excluding carboxylic acids is 1. The Morgan fingerprint density at radius 2 is 2.26 bits per heavy atom. The van der Waals surface area contributed by atoms with E-state index in [1.165, 1.54) is 11.6 Å². The molecule has 1 aromatic heterocycles. The molecule has 1 N–H and O–H groups in total. The van der Waals surface area contributed by atoms with Gasteiger partial charge in [-0.2, -0.15) is 5.10 Å². The van der Waals surface area contributed by atoms with Crippen LogP contribution in [0.15, 0.2) is 36.7 Å². The number of rotatable bonds is 3. The molecule has 98 valence electrons. The molecule has 2 rings (SSSR count). The van der Waals surface area contributed by atoms with E-state index in [2.05, 4.69) is 33.0 Å². The van der Waals surface area contributed by atoms with Gasteiger partial charge < -0.3 is 5.32 Å². The van der Waals surface area contributed by atoms with Crippen LogP contribution in [0.25, 0.3) is 6.08 Å². The van der Waals surface area contributed by atoms with Crippen molar-refractivity contribution in [2.45, 2.75) is 6.92 Å². The van der Waals surface area contributed by atoms with Crippen molar-refractivity contribution >= 4 is 40.3 Å². The largest absolute Gasteiger partial charge is 0.322 e. The molecule has 19 heavy (non-hydrogen) atoms. The van der Waals surface area contributed by atoms with Crippen LogP contribution in [0.2, 0.25) is 0 Å². The number of hydrogen-bond acceptors (Lipinski definition) is 2. The number of carbonyl (C=O) groups is 1. The molecule has 4 nitrogen and oxygen atoms in total. The zero-order chi connectivity index (χ0) is 13.8. The molecule has 5 heteroatoms.